The SMILES string of the molecule is CC(Cc1ccc(Cl)cc1)N(C)S(=O)(=O)c1cc(Oc2c(Cl)cc(-n3ncc(=O)[nH]c3=O)cc2Cl)ccc1O. The number of hydrogen-bond donors (Lipinski definition) is 2. The van der Waals surface area contributed by atoms with Gasteiger partial charge in [-0.05, 0) is 55.3 Å². The van der Waals surface area contributed by atoms with E-state index in [9.17, 15) is 23.1 Å². The second-order valence-electron chi connectivity index (χ2n) is 8.52. The van der Waals surface area contributed by atoms with Gasteiger partial charge in [-0.3, -0.25) is 9.78 Å². The lowest BCUT2D eigenvalue weighted by Gasteiger charge is -2.25. The van der Waals surface area contributed by atoms with Crippen molar-refractivity contribution in [3.05, 3.63) is 102 Å². The molecule has 4 aromatic rings. The summed E-state index contributed by atoms with van der Waals surface area (Å²) in [7, 11) is -2.73. The van der Waals surface area contributed by atoms with Crippen molar-refractivity contribution in [3.8, 4) is 22.9 Å². The molecule has 4 rings (SSSR count). The zero-order chi connectivity index (χ0) is 28.5. The summed E-state index contributed by atoms with van der Waals surface area (Å²) in [6.45, 7) is 1.74. The molecule has 0 aliphatic carbocycles. The van der Waals surface area contributed by atoms with E-state index >= 15 is 0 Å². The topological polar surface area (TPSA) is 135 Å². The summed E-state index contributed by atoms with van der Waals surface area (Å²) in [5, 5.41) is 14.7. The first kappa shape index (κ1) is 28.7. The fourth-order valence-electron chi connectivity index (χ4n) is 3.67. The molecule has 0 spiro atoms. The lowest BCUT2D eigenvalue weighted by molar-refractivity contribution is 0.381. The predicted molar refractivity (Wildman–Crippen MR) is 148 cm³/mol. The first-order valence-corrected chi connectivity index (χ1v) is 13.9. The Hall–Kier alpha value is -3.35. The molecule has 1 atom stereocenters. The van der Waals surface area contributed by atoms with Crippen molar-refractivity contribution >= 4 is 44.8 Å². The molecule has 0 saturated heterocycles. The number of rotatable bonds is 8. The van der Waals surface area contributed by atoms with Crippen LogP contribution in [-0.2, 0) is 16.4 Å². The van der Waals surface area contributed by atoms with Gasteiger partial charge in [-0.2, -0.15) is 14.1 Å². The Morgan fingerprint density at radius 2 is 1.69 bits per heavy atom. The summed E-state index contributed by atoms with van der Waals surface area (Å²) in [4.78, 5) is 25.0. The standard InChI is InChI=1S/C25H21Cl3N4O6S/c1-14(9-15-3-5-16(26)6-4-15)31(2)39(36,37)22-12-18(7-8-21(22)33)38-24-19(27)10-17(11-20(24)28)32-25(35)30-23(34)13-29-32/h3-8,10-14,33H,9H2,1-2H3,(H,30,34,35). The third kappa shape index (κ3) is 6.29. The molecule has 10 nitrogen and oxygen atoms in total. The molecule has 0 saturated carbocycles. The first-order chi connectivity index (χ1) is 18.4. The number of aromatic nitrogens is 3. The molecule has 0 bridgehead atoms. The molecule has 1 aromatic heterocycles. The molecular weight excluding hydrogens is 591 g/mol. The third-order valence-corrected chi connectivity index (χ3v) is 8.63. The van der Waals surface area contributed by atoms with Crippen molar-refractivity contribution in [1.29, 1.82) is 0 Å². The van der Waals surface area contributed by atoms with Crippen LogP contribution in [0, 0.1) is 0 Å². The van der Waals surface area contributed by atoms with Crippen molar-refractivity contribution < 1.29 is 18.3 Å². The molecule has 204 valence electrons. The van der Waals surface area contributed by atoms with Gasteiger partial charge in [0.1, 0.15) is 22.6 Å². The number of nitrogens with one attached hydrogen (secondary N) is 1. The molecule has 0 amide bonds. The van der Waals surface area contributed by atoms with E-state index in [4.69, 9.17) is 39.5 Å². The van der Waals surface area contributed by atoms with Gasteiger partial charge in [0.15, 0.2) is 5.75 Å². The molecule has 1 unspecified atom stereocenters. The van der Waals surface area contributed by atoms with Crippen molar-refractivity contribution in [1.82, 2.24) is 19.1 Å². The Morgan fingerprint density at radius 1 is 1.05 bits per heavy atom. The number of likely N-dealkylation sites (N-methyl/N-ethyl adjacent to an activating group) is 1. The largest absolute Gasteiger partial charge is 0.507 e. The van der Waals surface area contributed by atoms with E-state index in [0.29, 0.717) is 11.4 Å². The Balaban J connectivity index is 1.61. The van der Waals surface area contributed by atoms with Gasteiger partial charge in [-0.15, -0.1) is 0 Å². The third-order valence-electron chi connectivity index (χ3n) is 5.81. The minimum absolute atomic E-state index is 0.0245. The highest BCUT2D eigenvalue weighted by Gasteiger charge is 2.29. The fourth-order valence-corrected chi connectivity index (χ4v) is 5.80. The lowest BCUT2D eigenvalue weighted by atomic mass is 10.1. The van der Waals surface area contributed by atoms with Gasteiger partial charge in [0.2, 0.25) is 10.0 Å². The smallest absolute Gasteiger partial charge is 0.349 e. The van der Waals surface area contributed by atoms with Gasteiger partial charge in [-0.1, -0.05) is 46.9 Å². The number of nitrogens with zero attached hydrogens (tertiary/aromatic N) is 3. The minimum Gasteiger partial charge on any atom is -0.507 e. The molecule has 0 radical (unpaired) electrons. The Kier molecular flexibility index (Phi) is 8.38. The second-order valence-corrected chi connectivity index (χ2v) is 11.7. The minimum atomic E-state index is -4.15. The molecule has 0 fully saturated rings. The highest BCUT2D eigenvalue weighted by molar-refractivity contribution is 7.89. The van der Waals surface area contributed by atoms with Crippen LogP contribution in [0.4, 0.5) is 0 Å². The normalized spacial score (nSPS) is 12.5. The van der Waals surface area contributed by atoms with E-state index in [1.807, 2.05) is 12.1 Å². The van der Waals surface area contributed by atoms with Gasteiger partial charge in [-0.25, -0.2) is 13.2 Å². The quantitative estimate of drug-likeness (QED) is 0.297. The van der Waals surface area contributed by atoms with Crippen molar-refractivity contribution in [2.24, 2.45) is 0 Å². The zero-order valence-electron chi connectivity index (χ0n) is 20.4. The van der Waals surface area contributed by atoms with E-state index in [2.05, 4.69) is 10.1 Å². The van der Waals surface area contributed by atoms with E-state index in [0.717, 1.165) is 26.8 Å². The summed E-state index contributed by atoms with van der Waals surface area (Å²) in [5.41, 5.74) is -0.422. The first-order valence-electron chi connectivity index (χ1n) is 11.3. The van der Waals surface area contributed by atoms with Crippen molar-refractivity contribution in [2.45, 2.75) is 24.3 Å². The average molecular weight is 612 g/mol. The lowest BCUT2D eigenvalue weighted by Crippen LogP contribution is -2.36. The van der Waals surface area contributed by atoms with Gasteiger partial charge in [0.05, 0.1) is 15.7 Å². The molecule has 1 heterocycles. The number of sulfonamides is 1. The molecule has 14 heteroatoms. The Labute approximate surface area is 238 Å². The number of benzene rings is 3. The van der Waals surface area contributed by atoms with E-state index in [1.165, 1.54) is 31.3 Å². The summed E-state index contributed by atoms with van der Waals surface area (Å²) in [6.07, 6.45) is 1.33. The van der Waals surface area contributed by atoms with Gasteiger partial charge >= 0.3 is 5.69 Å². The number of phenolic OH excluding ortho intramolecular Hbond substituents is 1. The summed E-state index contributed by atoms with van der Waals surface area (Å²) < 4.78 is 34.6. The number of halogens is 3. The molecule has 2 N–H and O–H groups in total. The fraction of sp³-hybridized carbons (Fsp3) is 0.160. The number of ether oxygens (including phenoxy) is 1. The maximum absolute atomic E-state index is 13.4. The second kappa shape index (κ2) is 11.4. The number of hydrogen-bond acceptors (Lipinski definition) is 7. The van der Waals surface area contributed by atoms with Crippen LogP contribution in [0.3, 0.4) is 0 Å². The number of H-pyrrole nitrogens is 1. The maximum Gasteiger partial charge on any atom is 0.349 e. The van der Waals surface area contributed by atoms with Crippen LogP contribution in [0.2, 0.25) is 15.1 Å². The van der Waals surface area contributed by atoms with Gasteiger partial charge in [0, 0.05) is 24.2 Å². The summed E-state index contributed by atoms with van der Waals surface area (Å²) in [6, 6.07) is 13.0. The van der Waals surface area contributed by atoms with E-state index in [-0.39, 0.29) is 32.1 Å². The molecular formula is C25H21Cl3N4O6S. The van der Waals surface area contributed by atoms with Crippen molar-refractivity contribution in [2.75, 3.05) is 7.05 Å². The summed E-state index contributed by atoms with van der Waals surface area (Å²) >= 11 is 18.6. The van der Waals surface area contributed by atoms with Crippen molar-refractivity contribution in [3.63, 3.8) is 0 Å². The molecule has 3 aromatic carbocycles. The predicted octanol–water partition coefficient (Wildman–Crippen LogP) is 4.63. The van der Waals surface area contributed by atoms with Gasteiger partial charge < -0.3 is 9.84 Å². The Bertz CT molecular complexity index is 1730. The van der Waals surface area contributed by atoms with Crippen LogP contribution in [-0.4, -0.2) is 45.7 Å². The molecule has 0 aliphatic rings. The van der Waals surface area contributed by atoms with Crippen LogP contribution in [0.5, 0.6) is 17.2 Å². The van der Waals surface area contributed by atoms with Gasteiger partial charge in [0.25, 0.3) is 5.56 Å². The number of aromatic hydroxyl groups is 1. The zero-order valence-corrected chi connectivity index (χ0v) is 23.5. The Morgan fingerprint density at radius 3 is 2.31 bits per heavy atom. The van der Waals surface area contributed by atoms with Crippen LogP contribution < -0.4 is 16.0 Å². The van der Waals surface area contributed by atoms with Crippen LogP contribution in [0.25, 0.3) is 5.69 Å². The van der Waals surface area contributed by atoms with Crippen LogP contribution in [0.15, 0.2) is 75.3 Å². The molecule has 39 heavy (non-hydrogen) atoms. The average Bonchev–Trinajstić information content (AvgIpc) is 2.87. The summed E-state index contributed by atoms with van der Waals surface area (Å²) in [5.74, 6) is -0.469. The highest BCUT2D eigenvalue weighted by Crippen LogP contribution is 2.40. The number of aromatic amines is 1. The molecule has 0 aliphatic heterocycles. The monoisotopic (exact) mass is 610 g/mol. The number of phenols is 1. The van der Waals surface area contributed by atoms with Crippen LogP contribution >= 0.6 is 34.8 Å². The van der Waals surface area contributed by atoms with E-state index < -0.39 is 33.1 Å². The highest BCUT2D eigenvalue weighted by atomic mass is 35.5. The maximum atomic E-state index is 13.4. The van der Waals surface area contributed by atoms with Crippen LogP contribution in [0.1, 0.15) is 12.5 Å². The van der Waals surface area contributed by atoms with E-state index in [1.54, 1.807) is 19.1 Å².